The molecule has 0 unspecified atom stereocenters. The number of hydrogen-bond acceptors (Lipinski definition) is 4. The second kappa shape index (κ2) is 8.47. The Morgan fingerprint density at radius 2 is 2.10 bits per heavy atom. The van der Waals surface area contributed by atoms with E-state index in [-0.39, 0.29) is 24.4 Å². The number of alkyl halides is 3. The van der Waals surface area contributed by atoms with Gasteiger partial charge in [0.05, 0.1) is 22.3 Å². The topological polar surface area (TPSA) is 72.9 Å². The fraction of sp³-hybridized carbons (Fsp3) is 0.364. The summed E-state index contributed by atoms with van der Waals surface area (Å²) in [7, 11) is 1.88. The van der Waals surface area contributed by atoms with Crippen molar-refractivity contribution in [3.05, 3.63) is 63.5 Å². The van der Waals surface area contributed by atoms with Gasteiger partial charge in [0.15, 0.2) is 0 Å². The molecule has 0 aliphatic heterocycles. The summed E-state index contributed by atoms with van der Waals surface area (Å²) in [5.41, 5.74) is 8.29. The molecule has 0 spiro atoms. The molecule has 3 N–H and O–H groups in total. The maximum absolute atomic E-state index is 13.3. The van der Waals surface area contributed by atoms with E-state index in [4.69, 9.17) is 5.73 Å². The third-order valence-corrected chi connectivity index (χ3v) is 6.42. The number of thiophene rings is 1. The number of halogens is 3. The number of aromatic nitrogens is 2. The highest BCUT2D eigenvalue weighted by Gasteiger charge is 2.33. The van der Waals surface area contributed by atoms with Crippen molar-refractivity contribution < 1.29 is 18.0 Å². The lowest BCUT2D eigenvalue weighted by Gasteiger charge is -2.19. The van der Waals surface area contributed by atoms with Crippen LogP contribution in [0.3, 0.4) is 0 Å². The van der Waals surface area contributed by atoms with Gasteiger partial charge in [-0.1, -0.05) is 18.2 Å². The van der Waals surface area contributed by atoms with Crippen LogP contribution in [0.5, 0.6) is 0 Å². The van der Waals surface area contributed by atoms with Crippen molar-refractivity contribution in [1.29, 1.82) is 0 Å². The predicted octanol–water partition coefficient (Wildman–Crippen LogP) is 4.34. The first-order valence-electron chi connectivity index (χ1n) is 10.0. The van der Waals surface area contributed by atoms with Crippen LogP contribution in [0.25, 0.3) is 11.3 Å². The second-order valence-electron chi connectivity index (χ2n) is 7.81. The number of rotatable bonds is 7. The van der Waals surface area contributed by atoms with Gasteiger partial charge in [0.1, 0.15) is 0 Å². The number of carbonyl (C=O) groups is 1. The Bertz CT molecular complexity index is 1080. The van der Waals surface area contributed by atoms with Crippen LogP contribution in [-0.2, 0) is 19.6 Å². The average molecular weight is 449 g/mol. The summed E-state index contributed by atoms with van der Waals surface area (Å²) in [4.78, 5) is 13.3. The van der Waals surface area contributed by atoms with Crippen LogP contribution in [0.2, 0.25) is 0 Å². The Balaban J connectivity index is 1.49. The van der Waals surface area contributed by atoms with Crippen LogP contribution >= 0.6 is 11.3 Å². The number of hydrogen-bond donors (Lipinski definition) is 2. The first kappa shape index (κ1) is 21.6. The fourth-order valence-corrected chi connectivity index (χ4v) is 4.57. The Hall–Kier alpha value is -2.65. The molecule has 1 atom stereocenters. The third-order valence-electron chi connectivity index (χ3n) is 5.49. The van der Waals surface area contributed by atoms with Gasteiger partial charge in [0.25, 0.3) is 5.91 Å². The zero-order valence-corrected chi connectivity index (χ0v) is 17.8. The number of nitrogens with one attached hydrogen (secondary N) is 1. The average Bonchev–Trinajstić information content (AvgIpc) is 3.33. The van der Waals surface area contributed by atoms with Gasteiger partial charge >= 0.3 is 6.18 Å². The van der Waals surface area contributed by atoms with E-state index < -0.39 is 17.8 Å². The molecule has 1 aliphatic rings. The molecule has 0 saturated heterocycles. The summed E-state index contributed by atoms with van der Waals surface area (Å²) in [6, 6.07) is 6.56. The number of aryl methyl sites for hydroxylation is 1. The highest BCUT2D eigenvalue weighted by atomic mass is 32.1. The van der Waals surface area contributed by atoms with Gasteiger partial charge in [-0.2, -0.15) is 18.3 Å². The molecule has 5 nitrogen and oxygen atoms in total. The smallest absolute Gasteiger partial charge is 0.347 e. The van der Waals surface area contributed by atoms with E-state index in [0.717, 1.165) is 30.2 Å². The molecule has 1 saturated carbocycles. The minimum Gasteiger partial charge on any atom is -0.347 e. The molecule has 3 aromatic rings. The van der Waals surface area contributed by atoms with Crippen LogP contribution in [0.1, 0.15) is 45.1 Å². The Kier molecular flexibility index (Phi) is 5.90. The normalized spacial score (nSPS) is 15.1. The van der Waals surface area contributed by atoms with Crippen molar-refractivity contribution in [2.24, 2.45) is 12.8 Å². The van der Waals surface area contributed by atoms with E-state index >= 15 is 0 Å². The molecule has 2 aromatic heterocycles. The lowest BCUT2D eigenvalue weighted by atomic mass is 9.99. The summed E-state index contributed by atoms with van der Waals surface area (Å²) < 4.78 is 41.6. The fourth-order valence-electron chi connectivity index (χ4n) is 3.77. The summed E-state index contributed by atoms with van der Waals surface area (Å²) in [6.07, 6.45) is -0.275. The van der Waals surface area contributed by atoms with Crippen molar-refractivity contribution in [1.82, 2.24) is 15.1 Å². The van der Waals surface area contributed by atoms with Gasteiger partial charge in [-0.3, -0.25) is 9.48 Å². The number of nitrogens with zero attached hydrogens (tertiary/aromatic N) is 2. The zero-order valence-electron chi connectivity index (χ0n) is 16.9. The first-order chi connectivity index (χ1) is 14.8. The van der Waals surface area contributed by atoms with Crippen molar-refractivity contribution >= 4 is 17.2 Å². The Morgan fingerprint density at radius 3 is 2.77 bits per heavy atom. The molecule has 4 rings (SSSR count). The predicted molar refractivity (Wildman–Crippen MR) is 114 cm³/mol. The molecule has 1 amide bonds. The van der Waals surface area contributed by atoms with Crippen LogP contribution in [0, 0.1) is 0 Å². The lowest BCUT2D eigenvalue weighted by Crippen LogP contribution is -2.41. The SMILES string of the molecule is Cn1ncc(C2CC2)c1-c1csc(C(=O)N[C@H](CN)Cc2ccccc2C(F)(F)F)c1. The summed E-state index contributed by atoms with van der Waals surface area (Å²) in [5, 5.41) is 9.06. The van der Waals surface area contributed by atoms with Gasteiger partial charge in [-0.15, -0.1) is 11.3 Å². The van der Waals surface area contributed by atoms with Crippen molar-refractivity contribution in [2.45, 2.75) is 37.4 Å². The molecule has 2 heterocycles. The Morgan fingerprint density at radius 1 is 1.35 bits per heavy atom. The molecule has 164 valence electrons. The largest absolute Gasteiger partial charge is 0.416 e. The zero-order chi connectivity index (χ0) is 22.2. The van der Waals surface area contributed by atoms with Crippen LogP contribution in [0.15, 0.2) is 41.9 Å². The summed E-state index contributed by atoms with van der Waals surface area (Å²) in [5.74, 6) is 0.183. The van der Waals surface area contributed by atoms with Gasteiger partial charge in [-0.05, 0) is 42.9 Å². The molecule has 1 fully saturated rings. The van der Waals surface area contributed by atoms with Crippen molar-refractivity contribution in [2.75, 3.05) is 6.54 Å². The van der Waals surface area contributed by atoms with E-state index in [0.29, 0.717) is 10.8 Å². The third kappa shape index (κ3) is 4.67. The molecule has 0 bridgehead atoms. The van der Waals surface area contributed by atoms with Gasteiger partial charge in [-0.25, -0.2) is 0 Å². The molecule has 31 heavy (non-hydrogen) atoms. The number of benzene rings is 1. The molecule has 0 radical (unpaired) electrons. The molecular formula is C22H23F3N4OS. The van der Waals surface area contributed by atoms with E-state index in [1.54, 1.807) is 12.1 Å². The molecule has 1 aromatic carbocycles. The van der Waals surface area contributed by atoms with Crippen LogP contribution in [-0.4, -0.2) is 28.3 Å². The highest BCUT2D eigenvalue weighted by molar-refractivity contribution is 7.12. The van der Waals surface area contributed by atoms with Crippen LogP contribution in [0.4, 0.5) is 13.2 Å². The number of carbonyl (C=O) groups excluding carboxylic acids is 1. The summed E-state index contributed by atoms with van der Waals surface area (Å²) in [6.45, 7) is 0.0315. The van der Waals surface area contributed by atoms with E-state index in [2.05, 4.69) is 10.4 Å². The quantitative estimate of drug-likeness (QED) is 0.565. The first-order valence-corrected chi connectivity index (χ1v) is 10.9. The van der Waals surface area contributed by atoms with Gasteiger partial charge in [0, 0.05) is 36.1 Å². The minimum absolute atomic E-state index is 0.00368. The number of amides is 1. The molecular weight excluding hydrogens is 425 g/mol. The lowest BCUT2D eigenvalue weighted by molar-refractivity contribution is -0.138. The van der Waals surface area contributed by atoms with E-state index in [1.807, 2.05) is 23.3 Å². The van der Waals surface area contributed by atoms with Gasteiger partial charge < -0.3 is 11.1 Å². The van der Waals surface area contributed by atoms with E-state index in [9.17, 15) is 18.0 Å². The molecule has 1 aliphatic carbocycles. The highest BCUT2D eigenvalue weighted by Crippen LogP contribution is 2.44. The second-order valence-corrected chi connectivity index (χ2v) is 8.72. The number of nitrogens with two attached hydrogens (primary N) is 1. The minimum atomic E-state index is -4.45. The maximum Gasteiger partial charge on any atom is 0.416 e. The summed E-state index contributed by atoms with van der Waals surface area (Å²) >= 11 is 1.30. The molecule has 9 heteroatoms. The maximum atomic E-state index is 13.3. The monoisotopic (exact) mass is 448 g/mol. The van der Waals surface area contributed by atoms with Crippen LogP contribution < -0.4 is 11.1 Å². The standard InChI is InChI=1S/C22H23F3N4OS/c1-29-20(17(11-27-29)13-6-7-13)15-9-19(31-12-15)21(30)28-16(10-26)8-14-4-2-3-5-18(14)22(23,24)25/h2-5,9,11-13,16H,6-8,10,26H2,1H3,(H,28,30)/t16-/m0/s1. The van der Waals surface area contributed by atoms with E-state index in [1.165, 1.54) is 29.0 Å². The van der Waals surface area contributed by atoms with Crippen molar-refractivity contribution in [3.8, 4) is 11.3 Å². The van der Waals surface area contributed by atoms with Gasteiger partial charge in [0.2, 0.25) is 0 Å². The van der Waals surface area contributed by atoms with Crippen molar-refractivity contribution in [3.63, 3.8) is 0 Å². The Labute approximate surface area is 182 Å².